The first-order chi connectivity index (χ1) is 12.3. The number of hydrogen-bond donors (Lipinski definition) is 1. The van der Waals surface area contributed by atoms with Gasteiger partial charge in [-0.25, -0.2) is 0 Å². The second kappa shape index (κ2) is 9.23. The Bertz CT molecular complexity index is 549. The summed E-state index contributed by atoms with van der Waals surface area (Å²) in [6.45, 7) is 4.98. The molecule has 4 heteroatoms. The van der Waals surface area contributed by atoms with E-state index in [1.54, 1.807) is 0 Å². The van der Waals surface area contributed by atoms with Gasteiger partial charge in [-0.1, -0.05) is 19.1 Å². The van der Waals surface area contributed by atoms with Crippen molar-refractivity contribution in [3.05, 3.63) is 29.8 Å². The lowest BCUT2D eigenvalue weighted by Gasteiger charge is -2.28. The molecule has 1 heterocycles. The number of rotatable bonds is 8. The molecule has 4 nitrogen and oxygen atoms in total. The maximum Gasteiger partial charge on any atom is 0.223 e. The number of carbonyl (C=O) groups excluding carboxylic acids is 1. The van der Waals surface area contributed by atoms with Crippen molar-refractivity contribution in [1.29, 1.82) is 0 Å². The zero-order valence-corrected chi connectivity index (χ0v) is 15.5. The Morgan fingerprint density at radius 2 is 2.12 bits per heavy atom. The van der Waals surface area contributed by atoms with Crippen LogP contribution in [0, 0.1) is 0 Å². The van der Waals surface area contributed by atoms with E-state index in [0.717, 1.165) is 44.6 Å². The van der Waals surface area contributed by atoms with Gasteiger partial charge < -0.3 is 15.0 Å². The standard InChI is InChI=1S/C21H32N2O2/c1-2-14-23(18-12-13-22-16-18)21(24)11-10-17-6-5-9-20(15-17)25-19-7-3-4-8-19/h5-6,9,15,18-19,22H,2-4,7-8,10-14,16H2,1H3. The highest BCUT2D eigenvalue weighted by molar-refractivity contribution is 5.77. The van der Waals surface area contributed by atoms with Gasteiger partial charge in [-0.15, -0.1) is 0 Å². The van der Waals surface area contributed by atoms with E-state index in [0.29, 0.717) is 18.6 Å². The lowest BCUT2D eigenvalue weighted by molar-refractivity contribution is -0.133. The largest absolute Gasteiger partial charge is 0.490 e. The van der Waals surface area contributed by atoms with Crippen LogP contribution in [0.5, 0.6) is 5.75 Å². The molecule has 1 saturated carbocycles. The summed E-state index contributed by atoms with van der Waals surface area (Å²) >= 11 is 0. The summed E-state index contributed by atoms with van der Waals surface area (Å²) in [6, 6.07) is 8.69. The van der Waals surface area contributed by atoms with Gasteiger partial charge in [-0.05, 0) is 69.2 Å². The van der Waals surface area contributed by atoms with Crippen molar-refractivity contribution in [2.75, 3.05) is 19.6 Å². The Hall–Kier alpha value is -1.55. The average molecular weight is 344 g/mol. The van der Waals surface area contributed by atoms with Gasteiger partial charge in [-0.3, -0.25) is 4.79 Å². The maximum absolute atomic E-state index is 12.7. The van der Waals surface area contributed by atoms with Crippen LogP contribution in [0.4, 0.5) is 0 Å². The molecule has 3 rings (SSSR count). The van der Waals surface area contributed by atoms with E-state index < -0.39 is 0 Å². The van der Waals surface area contributed by atoms with E-state index in [4.69, 9.17) is 4.74 Å². The van der Waals surface area contributed by atoms with Crippen LogP contribution < -0.4 is 10.1 Å². The predicted molar refractivity (Wildman–Crippen MR) is 101 cm³/mol. The number of carbonyl (C=O) groups is 1. The first-order valence-electron chi connectivity index (χ1n) is 10.0. The van der Waals surface area contributed by atoms with E-state index in [2.05, 4.69) is 35.3 Å². The van der Waals surface area contributed by atoms with Gasteiger partial charge in [0.05, 0.1) is 6.10 Å². The maximum atomic E-state index is 12.7. The van der Waals surface area contributed by atoms with Crippen molar-refractivity contribution in [2.45, 2.75) is 70.4 Å². The SMILES string of the molecule is CCCN(C(=O)CCc1cccc(OC2CCCC2)c1)C1CCNC1. The van der Waals surface area contributed by atoms with E-state index in [9.17, 15) is 4.79 Å². The van der Waals surface area contributed by atoms with Gasteiger partial charge in [0.1, 0.15) is 5.75 Å². The molecule has 1 N–H and O–H groups in total. The molecule has 1 saturated heterocycles. The number of benzene rings is 1. The summed E-state index contributed by atoms with van der Waals surface area (Å²) in [5.41, 5.74) is 1.20. The molecule has 1 aliphatic heterocycles. The molecule has 1 atom stereocenters. The highest BCUT2D eigenvalue weighted by Gasteiger charge is 2.25. The molecule has 1 unspecified atom stereocenters. The van der Waals surface area contributed by atoms with Crippen LogP contribution in [0.3, 0.4) is 0 Å². The zero-order chi connectivity index (χ0) is 17.5. The van der Waals surface area contributed by atoms with Gasteiger partial charge in [0.25, 0.3) is 0 Å². The van der Waals surface area contributed by atoms with Crippen LogP contribution in [0.1, 0.15) is 57.4 Å². The van der Waals surface area contributed by atoms with Crippen molar-refractivity contribution in [3.8, 4) is 5.75 Å². The molecular weight excluding hydrogens is 312 g/mol. The van der Waals surface area contributed by atoms with Crippen LogP contribution >= 0.6 is 0 Å². The minimum absolute atomic E-state index is 0.290. The predicted octanol–water partition coefficient (Wildman–Crippen LogP) is 3.54. The number of hydrogen-bond acceptors (Lipinski definition) is 3. The summed E-state index contributed by atoms with van der Waals surface area (Å²) in [4.78, 5) is 14.8. The smallest absolute Gasteiger partial charge is 0.223 e. The summed E-state index contributed by atoms with van der Waals surface area (Å²) in [7, 11) is 0. The van der Waals surface area contributed by atoms with Gasteiger partial charge in [0, 0.05) is 25.6 Å². The minimum atomic E-state index is 0.290. The lowest BCUT2D eigenvalue weighted by atomic mass is 10.1. The number of amides is 1. The van der Waals surface area contributed by atoms with Gasteiger partial charge in [0.15, 0.2) is 0 Å². The molecule has 1 amide bonds. The van der Waals surface area contributed by atoms with Crippen LogP contribution in [0.2, 0.25) is 0 Å². The molecule has 2 aliphatic rings. The third kappa shape index (κ3) is 5.21. The molecule has 0 radical (unpaired) electrons. The average Bonchev–Trinajstić information content (AvgIpc) is 3.32. The Balaban J connectivity index is 1.53. The Labute approximate surface area is 151 Å². The van der Waals surface area contributed by atoms with Gasteiger partial charge in [-0.2, -0.15) is 0 Å². The highest BCUT2D eigenvalue weighted by atomic mass is 16.5. The highest BCUT2D eigenvalue weighted by Crippen LogP contribution is 2.25. The molecule has 2 fully saturated rings. The zero-order valence-electron chi connectivity index (χ0n) is 15.5. The second-order valence-electron chi connectivity index (χ2n) is 7.41. The molecule has 25 heavy (non-hydrogen) atoms. The third-order valence-electron chi connectivity index (χ3n) is 5.39. The summed E-state index contributed by atoms with van der Waals surface area (Å²) in [5, 5.41) is 3.37. The van der Waals surface area contributed by atoms with Crippen molar-refractivity contribution >= 4 is 5.91 Å². The minimum Gasteiger partial charge on any atom is -0.490 e. The summed E-state index contributed by atoms with van der Waals surface area (Å²) in [6.07, 6.45) is 8.76. The van der Waals surface area contributed by atoms with Crippen molar-refractivity contribution in [1.82, 2.24) is 10.2 Å². The van der Waals surface area contributed by atoms with E-state index in [1.807, 2.05) is 6.07 Å². The Morgan fingerprint density at radius 3 is 2.84 bits per heavy atom. The number of nitrogens with one attached hydrogen (secondary N) is 1. The normalized spacial score (nSPS) is 20.8. The van der Waals surface area contributed by atoms with Gasteiger partial charge >= 0.3 is 0 Å². The first kappa shape index (κ1) is 18.2. The molecule has 138 valence electrons. The Kier molecular flexibility index (Phi) is 6.74. The van der Waals surface area contributed by atoms with Crippen LogP contribution in [0.15, 0.2) is 24.3 Å². The lowest BCUT2D eigenvalue weighted by Crippen LogP contribution is -2.42. The third-order valence-corrected chi connectivity index (χ3v) is 5.39. The fourth-order valence-corrected chi connectivity index (χ4v) is 4.03. The Morgan fingerprint density at radius 1 is 1.28 bits per heavy atom. The van der Waals surface area contributed by atoms with Crippen LogP contribution in [-0.2, 0) is 11.2 Å². The molecule has 0 aromatic heterocycles. The number of nitrogens with zero attached hydrogens (tertiary/aromatic N) is 1. The number of ether oxygens (including phenoxy) is 1. The molecule has 1 aromatic rings. The van der Waals surface area contributed by atoms with E-state index in [1.165, 1.54) is 31.2 Å². The molecule has 1 aliphatic carbocycles. The topological polar surface area (TPSA) is 41.6 Å². The van der Waals surface area contributed by atoms with Gasteiger partial charge in [0.2, 0.25) is 5.91 Å². The fraction of sp³-hybridized carbons (Fsp3) is 0.667. The van der Waals surface area contributed by atoms with E-state index >= 15 is 0 Å². The summed E-state index contributed by atoms with van der Waals surface area (Å²) in [5.74, 6) is 1.25. The summed E-state index contributed by atoms with van der Waals surface area (Å²) < 4.78 is 6.09. The molecular formula is C21H32N2O2. The number of aryl methyl sites for hydroxylation is 1. The van der Waals surface area contributed by atoms with E-state index in [-0.39, 0.29) is 5.91 Å². The quantitative estimate of drug-likeness (QED) is 0.784. The molecule has 0 bridgehead atoms. The monoisotopic (exact) mass is 344 g/mol. The molecule has 0 spiro atoms. The van der Waals surface area contributed by atoms with Crippen molar-refractivity contribution in [3.63, 3.8) is 0 Å². The first-order valence-corrected chi connectivity index (χ1v) is 10.0. The fourth-order valence-electron chi connectivity index (χ4n) is 4.03. The van der Waals surface area contributed by atoms with Crippen LogP contribution in [-0.4, -0.2) is 42.6 Å². The second-order valence-corrected chi connectivity index (χ2v) is 7.41. The van der Waals surface area contributed by atoms with Crippen molar-refractivity contribution in [2.24, 2.45) is 0 Å². The van der Waals surface area contributed by atoms with Crippen LogP contribution in [0.25, 0.3) is 0 Å². The van der Waals surface area contributed by atoms with Crippen molar-refractivity contribution < 1.29 is 9.53 Å². The molecule has 1 aromatic carbocycles.